The van der Waals surface area contributed by atoms with Gasteiger partial charge in [0.1, 0.15) is 11.7 Å². The SMILES string of the molecule is Cc1cc(-c2nc(C#N)nc3c2ccn3C)ccc1NCCCC12CC3CC(CC(C3)C1)C2. The Hall–Kier alpha value is -2.87. The molecule has 4 saturated carbocycles. The molecule has 0 spiro atoms. The number of rotatable bonds is 6. The summed E-state index contributed by atoms with van der Waals surface area (Å²) in [5.74, 6) is 3.33. The Balaban J connectivity index is 1.14. The molecule has 4 aliphatic carbocycles. The maximum atomic E-state index is 9.39. The number of nitriles is 1. The molecule has 170 valence electrons. The van der Waals surface area contributed by atoms with Gasteiger partial charge in [-0.25, -0.2) is 9.97 Å². The molecule has 4 bridgehead atoms. The van der Waals surface area contributed by atoms with Gasteiger partial charge in [-0.2, -0.15) is 5.26 Å². The van der Waals surface area contributed by atoms with Crippen molar-refractivity contribution in [1.82, 2.24) is 14.5 Å². The molecule has 0 unspecified atom stereocenters. The van der Waals surface area contributed by atoms with E-state index < -0.39 is 0 Å². The normalized spacial score (nSPS) is 27.7. The lowest BCUT2D eigenvalue weighted by atomic mass is 9.48. The molecule has 0 radical (unpaired) electrons. The molecule has 0 amide bonds. The van der Waals surface area contributed by atoms with Crippen LogP contribution < -0.4 is 5.32 Å². The third-order valence-electron chi connectivity index (χ3n) is 8.69. The summed E-state index contributed by atoms with van der Waals surface area (Å²) >= 11 is 0. The highest BCUT2D eigenvalue weighted by molar-refractivity contribution is 5.91. The summed E-state index contributed by atoms with van der Waals surface area (Å²) < 4.78 is 1.94. The highest BCUT2D eigenvalue weighted by atomic mass is 15.0. The Morgan fingerprint density at radius 1 is 1.09 bits per heavy atom. The fraction of sp³-hybridized carbons (Fsp3) is 0.536. The molecule has 1 aromatic carbocycles. The molecular weight excluding hydrogens is 406 g/mol. The van der Waals surface area contributed by atoms with Gasteiger partial charge in [0.2, 0.25) is 5.82 Å². The van der Waals surface area contributed by atoms with Gasteiger partial charge in [0, 0.05) is 36.4 Å². The second-order valence-corrected chi connectivity index (χ2v) is 11.1. The van der Waals surface area contributed by atoms with Crippen molar-refractivity contribution in [3.05, 3.63) is 41.9 Å². The van der Waals surface area contributed by atoms with Gasteiger partial charge >= 0.3 is 0 Å². The van der Waals surface area contributed by atoms with Gasteiger partial charge < -0.3 is 9.88 Å². The number of hydrogen-bond acceptors (Lipinski definition) is 4. The number of nitrogens with one attached hydrogen (secondary N) is 1. The first-order chi connectivity index (χ1) is 16.0. The van der Waals surface area contributed by atoms with Crippen LogP contribution in [0.5, 0.6) is 0 Å². The lowest BCUT2D eigenvalue weighted by Crippen LogP contribution is -2.46. The molecule has 0 atom stereocenters. The van der Waals surface area contributed by atoms with Gasteiger partial charge in [-0.05, 0) is 105 Å². The molecule has 3 aromatic rings. The van der Waals surface area contributed by atoms with Crippen LogP contribution in [0, 0.1) is 41.4 Å². The second-order valence-electron chi connectivity index (χ2n) is 11.1. The van der Waals surface area contributed by atoms with E-state index in [1.807, 2.05) is 23.9 Å². The minimum Gasteiger partial charge on any atom is -0.385 e. The van der Waals surface area contributed by atoms with Crippen LogP contribution in [0.3, 0.4) is 0 Å². The Morgan fingerprint density at radius 3 is 2.48 bits per heavy atom. The van der Waals surface area contributed by atoms with Gasteiger partial charge in [-0.3, -0.25) is 0 Å². The smallest absolute Gasteiger partial charge is 0.234 e. The number of hydrogen-bond donors (Lipinski definition) is 1. The van der Waals surface area contributed by atoms with Crippen molar-refractivity contribution in [1.29, 1.82) is 5.26 Å². The molecule has 2 aromatic heterocycles. The minimum atomic E-state index is 0.212. The predicted molar refractivity (Wildman–Crippen MR) is 132 cm³/mol. The zero-order chi connectivity index (χ0) is 22.6. The molecule has 1 N–H and O–H groups in total. The van der Waals surface area contributed by atoms with Gasteiger partial charge in [0.25, 0.3) is 0 Å². The van der Waals surface area contributed by atoms with Crippen molar-refractivity contribution in [3.8, 4) is 17.3 Å². The number of aryl methyl sites for hydroxylation is 2. The first-order valence-corrected chi connectivity index (χ1v) is 12.6. The summed E-state index contributed by atoms with van der Waals surface area (Å²) in [6, 6.07) is 10.6. The van der Waals surface area contributed by atoms with Crippen LogP contribution in [0.4, 0.5) is 5.69 Å². The second kappa shape index (κ2) is 7.87. The van der Waals surface area contributed by atoms with Crippen LogP contribution in [0.1, 0.15) is 62.8 Å². The lowest BCUT2D eigenvalue weighted by Gasteiger charge is -2.57. The van der Waals surface area contributed by atoms with Crippen LogP contribution >= 0.6 is 0 Å². The number of nitrogens with zero attached hydrogens (tertiary/aromatic N) is 4. The maximum Gasteiger partial charge on any atom is 0.234 e. The summed E-state index contributed by atoms with van der Waals surface area (Å²) in [7, 11) is 1.95. The van der Waals surface area contributed by atoms with Crippen molar-refractivity contribution >= 4 is 16.7 Å². The van der Waals surface area contributed by atoms with Gasteiger partial charge in [0.15, 0.2) is 0 Å². The third-order valence-corrected chi connectivity index (χ3v) is 8.69. The van der Waals surface area contributed by atoms with Crippen molar-refractivity contribution in [3.63, 3.8) is 0 Å². The predicted octanol–water partition coefficient (Wildman–Crippen LogP) is 6.22. The molecule has 0 aliphatic heterocycles. The average molecular weight is 440 g/mol. The largest absolute Gasteiger partial charge is 0.385 e. The summed E-state index contributed by atoms with van der Waals surface area (Å²) in [5.41, 5.74) is 5.73. The van der Waals surface area contributed by atoms with Gasteiger partial charge in [0.05, 0.1) is 5.69 Å². The maximum absolute atomic E-state index is 9.39. The first kappa shape index (κ1) is 20.7. The van der Waals surface area contributed by atoms with Crippen LogP contribution in [-0.4, -0.2) is 21.1 Å². The lowest BCUT2D eigenvalue weighted by molar-refractivity contribution is -0.0576. The van der Waals surface area contributed by atoms with Crippen LogP contribution in [0.2, 0.25) is 0 Å². The van der Waals surface area contributed by atoms with E-state index in [0.717, 1.165) is 46.6 Å². The topological polar surface area (TPSA) is 66.5 Å². The molecule has 2 heterocycles. The Kier molecular flexibility index (Phi) is 4.94. The molecule has 5 heteroatoms. The summed E-state index contributed by atoms with van der Waals surface area (Å²) in [5, 5.41) is 14.1. The number of fused-ring (bicyclic) bond motifs is 1. The van der Waals surface area contributed by atoms with Crippen LogP contribution in [0.25, 0.3) is 22.3 Å². The van der Waals surface area contributed by atoms with Gasteiger partial charge in [-0.15, -0.1) is 0 Å². The highest BCUT2D eigenvalue weighted by Crippen LogP contribution is 2.61. The van der Waals surface area contributed by atoms with E-state index in [1.165, 1.54) is 62.6 Å². The Morgan fingerprint density at radius 2 is 1.82 bits per heavy atom. The highest BCUT2D eigenvalue weighted by Gasteiger charge is 2.50. The molecular formula is C28H33N5. The van der Waals surface area contributed by atoms with Crippen molar-refractivity contribution in [2.24, 2.45) is 30.2 Å². The van der Waals surface area contributed by atoms with E-state index in [0.29, 0.717) is 5.41 Å². The monoisotopic (exact) mass is 439 g/mol. The summed E-state index contributed by atoms with van der Waals surface area (Å²) in [4.78, 5) is 8.91. The zero-order valence-electron chi connectivity index (χ0n) is 19.8. The van der Waals surface area contributed by atoms with E-state index in [2.05, 4.69) is 46.5 Å². The molecule has 5 nitrogen and oxygen atoms in total. The number of anilines is 1. The molecule has 4 aliphatic rings. The fourth-order valence-corrected chi connectivity index (χ4v) is 7.70. The van der Waals surface area contributed by atoms with E-state index in [-0.39, 0.29) is 5.82 Å². The molecule has 33 heavy (non-hydrogen) atoms. The van der Waals surface area contributed by atoms with E-state index in [4.69, 9.17) is 0 Å². The average Bonchev–Trinajstić information content (AvgIpc) is 3.16. The van der Waals surface area contributed by atoms with Crippen molar-refractivity contribution < 1.29 is 0 Å². The first-order valence-electron chi connectivity index (χ1n) is 12.6. The third kappa shape index (κ3) is 3.70. The Bertz CT molecular complexity index is 1210. The minimum absolute atomic E-state index is 0.212. The standard InChI is InChI=1S/C28H33N5/c1-18-10-22(26-23-6-9-33(2)27(23)32-25(17-29)31-26)4-5-24(18)30-8-3-7-28-14-19-11-20(15-28)13-21(12-19)16-28/h4-6,9-10,19-21,30H,3,7-8,11-16H2,1-2H3. The molecule has 7 rings (SSSR count). The van der Waals surface area contributed by atoms with Gasteiger partial charge in [-0.1, -0.05) is 6.07 Å². The van der Waals surface area contributed by atoms with E-state index >= 15 is 0 Å². The quantitative estimate of drug-likeness (QED) is 0.463. The number of aromatic nitrogens is 3. The number of benzene rings is 1. The fourth-order valence-electron chi connectivity index (χ4n) is 7.70. The van der Waals surface area contributed by atoms with Crippen LogP contribution in [0.15, 0.2) is 30.5 Å². The van der Waals surface area contributed by atoms with E-state index in [1.54, 1.807) is 0 Å². The molecule has 4 fully saturated rings. The summed E-state index contributed by atoms with van der Waals surface area (Å²) in [6.07, 6.45) is 13.7. The molecule has 0 saturated heterocycles. The summed E-state index contributed by atoms with van der Waals surface area (Å²) in [6.45, 7) is 3.19. The zero-order valence-corrected chi connectivity index (χ0v) is 19.8. The Labute approximate surface area is 196 Å². The van der Waals surface area contributed by atoms with E-state index in [9.17, 15) is 5.26 Å². The van der Waals surface area contributed by atoms with Crippen molar-refractivity contribution in [2.75, 3.05) is 11.9 Å². The van der Waals surface area contributed by atoms with Crippen LogP contribution in [-0.2, 0) is 7.05 Å². The van der Waals surface area contributed by atoms with Crippen molar-refractivity contribution in [2.45, 2.75) is 58.3 Å².